The Balaban J connectivity index is 1.69. The van der Waals surface area contributed by atoms with Gasteiger partial charge in [-0.3, -0.25) is 14.2 Å². The molecule has 35 heavy (non-hydrogen) atoms. The number of aliphatic hydroxyl groups is 1. The quantitative estimate of drug-likeness (QED) is 0.182. The van der Waals surface area contributed by atoms with Crippen LogP contribution < -0.4 is 21.2 Å². The summed E-state index contributed by atoms with van der Waals surface area (Å²) in [6, 6.07) is 4.98. The molecule has 1 unspecified atom stereocenters. The Morgan fingerprint density at radius 2 is 2.00 bits per heavy atom. The van der Waals surface area contributed by atoms with Gasteiger partial charge in [-0.05, 0) is 17.7 Å². The van der Waals surface area contributed by atoms with Gasteiger partial charge in [-0.15, -0.1) is 5.06 Å². The third-order valence-corrected chi connectivity index (χ3v) is 5.36. The number of aliphatic hydroxyl groups excluding tert-OH is 1. The number of hydroxylamine groups is 2. The number of phosphoric acid groups is 1. The van der Waals surface area contributed by atoms with Crippen LogP contribution in [0.25, 0.3) is 11.0 Å². The minimum absolute atomic E-state index is 0.0545. The van der Waals surface area contributed by atoms with Crippen LogP contribution in [-0.4, -0.2) is 64.4 Å². The second-order valence-corrected chi connectivity index (χ2v) is 8.61. The zero-order valence-electron chi connectivity index (χ0n) is 18.4. The molecule has 2 heterocycles. The van der Waals surface area contributed by atoms with Crippen molar-refractivity contribution in [1.29, 1.82) is 0 Å². The molecule has 3 rings (SSSR count). The number of anilines is 1. The molecule has 0 spiro atoms. The minimum Gasteiger partial charge on any atom is -0.423 e. The lowest BCUT2D eigenvalue weighted by Crippen LogP contribution is -2.39. The molecule has 16 heteroatoms. The van der Waals surface area contributed by atoms with Crippen LogP contribution in [0.2, 0.25) is 0 Å². The highest BCUT2D eigenvalue weighted by Crippen LogP contribution is 2.35. The van der Waals surface area contributed by atoms with Crippen molar-refractivity contribution in [1.82, 2.24) is 15.7 Å². The van der Waals surface area contributed by atoms with E-state index >= 15 is 0 Å². The largest absolute Gasteiger partial charge is 0.469 e. The summed E-state index contributed by atoms with van der Waals surface area (Å²) in [4.78, 5) is 71.3. The van der Waals surface area contributed by atoms with Crippen molar-refractivity contribution in [2.75, 3.05) is 25.1 Å². The minimum atomic E-state index is -4.67. The molecular weight excluding hydrogens is 491 g/mol. The van der Waals surface area contributed by atoms with E-state index in [-0.39, 0.29) is 37.2 Å². The monoisotopic (exact) mass is 514 g/mol. The molecule has 1 aromatic heterocycles. The molecule has 1 aliphatic rings. The van der Waals surface area contributed by atoms with Gasteiger partial charge in [0.25, 0.3) is 5.91 Å². The number of hydrogen-bond acceptors (Lipinski definition) is 9. The number of nitrogens with zero attached hydrogens (tertiary/aromatic N) is 2. The highest BCUT2D eigenvalue weighted by atomic mass is 31.2. The lowest BCUT2D eigenvalue weighted by Gasteiger charge is -2.20. The van der Waals surface area contributed by atoms with Crippen LogP contribution in [0.4, 0.5) is 15.3 Å². The first-order chi connectivity index (χ1) is 16.4. The van der Waals surface area contributed by atoms with E-state index in [2.05, 4.69) is 15.2 Å². The number of carbonyl (C=O) groups excluding carboxylic acids is 3. The topological polar surface area (TPSA) is 208 Å². The van der Waals surface area contributed by atoms with E-state index in [9.17, 15) is 28.8 Å². The zero-order chi connectivity index (χ0) is 25.8. The molecule has 1 atom stereocenters. The number of nitrogens with one attached hydrogen (secondary N) is 2. The van der Waals surface area contributed by atoms with E-state index in [1.807, 2.05) is 0 Å². The smallest absolute Gasteiger partial charge is 0.423 e. The molecule has 1 fully saturated rings. The second-order valence-electron chi connectivity index (χ2n) is 7.37. The summed E-state index contributed by atoms with van der Waals surface area (Å²) in [7, 11) is -3.30. The summed E-state index contributed by atoms with van der Waals surface area (Å²) in [5, 5.41) is 15.4. The van der Waals surface area contributed by atoms with Crippen molar-refractivity contribution in [3.63, 3.8) is 0 Å². The van der Waals surface area contributed by atoms with E-state index in [1.165, 1.54) is 13.1 Å². The SMILES string of the molecule is CN(C(=O)NCCOP(=O)(O)O)c1cc(=O)oc2ccc(CNC(=O)ON3C(=O)CCC3O)cc12. The molecule has 4 amide bonds. The van der Waals surface area contributed by atoms with Crippen LogP contribution >= 0.6 is 7.82 Å². The lowest BCUT2D eigenvalue weighted by atomic mass is 10.1. The van der Waals surface area contributed by atoms with Gasteiger partial charge in [-0.25, -0.2) is 18.9 Å². The molecular formula is C19H23N4O11P. The molecule has 0 radical (unpaired) electrons. The van der Waals surface area contributed by atoms with Crippen LogP contribution in [0.3, 0.4) is 0 Å². The van der Waals surface area contributed by atoms with E-state index in [4.69, 9.17) is 19.0 Å². The average molecular weight is 514 g/mol. The Bertz CT molecular complexity index is 1230. The van der Waals surface area contributed by atoms with Crippen molar-refractivity contribution in [3.8, 4) is 0 Å². The first-order valence-corrected chi connectivity index (χ1v) is 11.7. The fourth-order valence-electron chi connectivity index (χ4n) is 3.19. The molecule has 190 valence electrons. The van der Waals surface area contributed by atoms with Gasteiger partial charge in [0.2, 0.25) is 0 Å². The summed E-state index contributed by atoms with van der Waals surface area (Å²) in [5.74, 6) is -0.521. The van der Waals surface area contributed by atoms with Gasteiger partial charge in [0, 0.05) is 44.4 Å². The maximum Gasteiger partial charge on any atom is 0.469 e. The Kier molecular flexibility index (Phi) is 8.09. The fourth-order valence-corrected chi connectivity index (χ4v) is 3.51. The van der Waals surface area contributed by atoms with Gasteiger partial charge in [-0.2, -0.15) is 0 Å². The number of benzene rings is 1. The van der Waals surface area contributed by atoms with Crippen molar-refractivity contribution < 1.29 is 47.6 Å². The first kappa shape index (κ1) is 26.1. The van der Waals surface area contributed by atoms with Gasteiger partial charge in [0.15, 0.2) is 6.23 Å². The molecule has 0 aliphatic carbocycles. The fraction of sp³-hybridized carbons (Fsp3) is 0.368. The number of hydrogen-bond donors (Lipinski definition) is 5. The van der Waals surface area contributed by atoms with E-state index in [0.717, 1.165) is 11.0 Å². The normalized spacial score (nSPS) is 15.8. The maximum atomic E-state index is 12.4. The van der Waals surface area contributed by atoms with E-state index in [0.29, 0.717) is 16.0 Å². The van der Waals surface area contributed by atoms with Gasteiger partial charge < -0.3 is 34.8 Å². The predicted molar refractivity (Wildman–Crippen MR) is 118 cm³/mol. The number of rotatable bonds is 8. The van der Waals surface area contributed by atoms with Gasteiger partial charge in [0.1, 0.15) is 5.58 Å². The first-order valence-electron chi connectivity index (χ1n) is 10.2. The van der Waals surface area contributed by atoms with Crippen LogP contribution in [0, 0.1) is 0 Å². The third-order valence-electron chi connectivity index (χ3n) is 4.84. The highest BCUT2D eigenvalue weighted by Gasteiger charge is 2.33. The number of carbonyl (C=O) groups is 3. The molecule has 0 saturated carbocycles. The molecule has 15 nitrogen and oxygen atoms in total. The summed E-state index contributed by atoms with van der Waals surface area (Å²) in [6.45, 7) is -0.701. The molecule has 0 bridgehead atoms. The number of fused-ring (bicyclic) bond motifs is 1. The number of amides is 4. The van der Waals surface area contributed by atoms with Gasteiger partial charge in [0.05, 0.1) is 12.3 Å². The second kappa shape index (κ2) is 10.8. The highest BCUT2D eigenvalue weighted by molar-refractivity contribution is 7.46. The maximum absolute atomic E-state index is 12.4. The Morgan fingerprint density at radius 1 is 1.26 bits per heavy atom. The van der Waals surface area contributed by atoms with Crippen molar-refractivity contribution in [3.05, 3.63) is 40.2 Å². The number of urea groups is 1. The Morgan fingerprint density at radius 3 is 2.66 bits per heavy atom. The van der Waals surface area contributed by atoms with Crippen LogP contribution in [-0.2, 0) is 25.3 Å². The van der Waals surface area contributed by atoms with Crippen molar-refractivity contribution >= 4 is 42.5 Å². The summed E-state index contributed by atoms with van der Waals surface area (Å²) in [5.41, 5.74) is 0.135. The third kappa shape index (κ3) is 7.00. The van der Waals surface area contributed by atoms with Crippen molar-refractivity contribution in [2.45, 2.75) is 25.6 Å². The summed E-state index contributed by atoms with van der Waals surface area (Å²) < 4.78 is 20.1. The lowest BCUT2D eigenvalue weighted by molar-refractivity contribution is -0.189. The predicted octanol–water partition coefficient (Wildman–Crippen LogP) is 0.130. The number of phosphoric ester groups is 1. The molecule has 1 aliphatic heterocycles. The molecule has 1 saturated heterocycles. The molecule has 1 aromatic carbocycles. The summed E-state index contributed by atoms with van der Waals surface area (Å²) in [6.07, 6.45) is -1.95. The van der Waals surface area contributed by atoms with Gasteiger partial charge >= 0.3 is 25.6 Å². The summed E-state index contributed by atoms with van der Waals surface area (Å²) >= 11 is 0. The zero-order valence-corrected chi connectivity index (χ0v) is 19.3. The average Bonchev–Trinajstić information content (AvgIpc) is 3.10. The van der Waals surface area contributed by atoms with E-state index in [1.54, 1.807) is 12.1 Å². The molecule has 2 aromatic rings. The van der Waals surface area contributed by atoms with Crippen molar-refractivity contribution in [2.24, 2.45) is 0 Å². The standard InChI is InChI=1S/C19H23N4O11P/c1-22(18(27)20-6-7-32-35(29,30)31)13-9-17(26)33-14-3-2-11(8-12(13)14)10-21-19(28)34-23-15(24)4-5-16(23)25/h2-3,8-9,15,24H,4-7,10H2,1H3,(H,20,27)(H,21,28)(H2,29,30,31). The van der Waals surface area contributed by atoms with Crippen LogP contribution in [0.15, 0.2) is 33.5 Å². The Labute approximate surface area is 197 Å². The van der Waals surface area contributed by atoms with Crippen LogP contribution in [0.5, 0.6) is 0 Å². The van der Waals surface area contributed by atoms with E-state index < -0.39 is 44.3 Å². The van der Waals surface area contributed by atoms with Crippen LogP contribution in [0.1, 0.15) is 18.4 Å². The Hall–Kier alpha value is -3.49. The molecule has 5 N–H and O–H groups in total. The van der Waals surface area contributed by atoms with Gasteiger partial charge in [-0.1, -0.05) is 6.07 Å².